The van der Waals surface area contributed by atoms with Crippen molar-refractivity contribution < 1.29 is 29.0 Å². The van der Waals surface area contributed by atoms with Crippen LogP contribution in [0.25, 0.3) is 0 Å². The number of carboxylic acid groups (broad SMARTS) is 1. The summed E-state index contributed by atoms with van der Waals surface area (Å²) in [6, 6.07) is 6.29. The van der Waals surface area contributed by atoms with Crippen LogP contribution in [-0.4, -0.2) is 61.9 Å². The first kappa shape index (κ1) is 24.6. The van der Waals surface area contributed by atoms with Crippen molar-refractivity contribution in [2.45, 2.75) is 45.6 Å². The summed E-state index contributed by atoms with van der Waals surface area (Å²) >= 11 is 0. The van der Waals surface area contributed by atoms with Gasteiger partial charge in [-0.1, -0.05) is 24.6 Å². The molecule has 0 aliphatic carbocycles. The van der Waals surface area contributed by atoms with Crippen LogP contribution in [0.1, 0.15) is 48.5 Å². The Morgan fingerprint density at radius 3 is 2.38 bits per heavy atom. The molecule has 0 aromatic heterocycles. The number of amides is 2. The maximum Gasteiger partial charge on any atom is 0.326 e. The molecule has 0 aliphatic heterocycles. The Bertz CT molecular complexity index is 633. The van der Waals surface area contributed by atoms with Crippen LogP contribution in [0.15, 0.2) is 24.3 Å². The lowest BCUT2D eigenvalue weighted by atomic mass is 10.1. The molecule has 0 spiro atoms. The molecule has 0 aliphatic rings. The predicted octanol–water partition coefficient (Wildman–Crippen LogP) is 1.91. The van der Waals surface area contributed by atoms with Gasteiger partial charge in [-0.15, -0.1) is 0 Å². The maximum atomic E-state index is 12.0. The number of hydrogen-bond donors (Lipinski definition) is 3. The van der Waals surface area contributed by atoms with Crippen LogP contribution in [0.5, 0.6) is 0 Å². The van der Waals surface area contributed by atoms with E-state index in [9.17, 15) is 19.5 Å². The summed E-state index contributed by atoms with van der Waals surface area (Å²) in [4.78, 5) is 35.1. The van der Waals surface area contributed by atoms with Crippen molar-refractivity contribution in [2.24, 2.45) is 0 Å². The molecule has 1 aromatic rings. The molecule has 1 unspecified atom stereocenters. The molecule has 0 bridgehead atoms. The number of ether oxygens (including phenoxy) is 2. The number of aryl methyl sites for hydroxylation is 1. The Kier molecular flexibility index (Phi) is 12.3. The van der Waals surface area contributed by atoms with Gasteiger partial charge in [-0.05, 0) is 44.7 Å². The summed E-state index contributed by atoms with van der Waals surface area (Å²) < 4.78 is 10.4. The molecular weight excluding hydrogens is 376 g/mol. The molecule has 8 nitrogen and oxygen atoms in total. The molecule has 0 saturated carbocycles. The number of rotatable bonds is 15. The van der Waals surface area contributed by atoms with Gasteiger partial charge in [-0.3, -0.25) is 9.59 Å². The van der Waals surface area contributed by atoms with Crippen LogP contribution in [0.4, 0.5) is 0 Å². The average Bonchev–Trinajstić information content (AvgIpc) is 2.69. The van der Waals surface area contributed by atoms with Gasteiger partial charge >= 0.3 is 5.97 Å². The average molecular weight is 408 g/mol. The van der Waals surface area contributed by atoms with E-state index in [2.05, 4.69) is 10.6 Å². The van der Waals surface area contributed by atoms with Crippen LogP contribution in [-0.2, 0) is 19.1 Å². The molecule has 0 heterocycles. The second-order valence-corrected chi connectivity index (χ2v) is 6.74. The van der Waals surface area contributed by atoms with Gasteiger partial charge in [-0.25, -0.2) is 4.79 Å². The normalized spacial score (nSPS) is 11.7. The van der Waals surface area contributed by atoms with Crippen molar-refractivity contribution >= 4 is 17.8 Å². The third-order valence-electron chi connectivity index (χ3n) is 4.11. The third kappa shape index (κ3) is 11.2. The van der Waals surface area contributed by atoms with E-state index in [0.717, 1.165) is 12.0 Å². The third-order valence-corrected chi connectivity index (χ3v) is 4.11. The van der Waals surface area contributed by atoms with Crippen LogP contribution >= 0.6 is 0 Å². The highest BCUT2D eigenvalue weighted by Gasteiger charge is 2.19. The monoisotopic (exact) mass is 408 g/mol. The number of hydrogen-bond acceptors (Lipinski definition) is 5. The van der Waals surface area contributed by atoms with Crippen molar-refractivity contribution in [1.29, 1.82) is 0 Å². The molecule has 3 N–H and O–H groups in total. The molecule has 0 saturated heterocycles. The van der Waals surface area contributed by atoms with Crippen LogP contribution in [0.2, 0.25) is 0 Å². The van der Waals surface area contributed by atoms with Crippen molar-refractivity contribution in [3.05, 3.63) is 35.4 Å². The first-order valence-corrected chi connectivity index (χ1v) is 9.96. The lowest BCUT2D eigenvalue weighted by molar-refractivity contribution is -0.142. The summed E-state index contributed by atoms with van der Waals surface area (Å²) in [5.41, 5.74) is 1.67. The van der Waals surface area contributed by atoms with Gasteiger partial charge in [0.25, 0.3) is 5.91 Å². The molecule has 0 fully saturated rings. The zero-order valence-electron chi connectivity index (χ0n) is 17.2. The fraction of sp³-hybridized carbons (Fsp3) is 0.571. The van der Waals surface area contributed by atoms with Crippen molar-refractivity contribution in [3.8, 4) is 0 Å². The van der Waals surface area contributed by atoms with Crippen LogP contribution in [0, 0.1) is 6.92 Å². The fourth-order valence-electron chi connectivity index (χ4n) is 2.50. The molecule has 1 atom stereocenters. The maximum absolute atomic E-state index is 12.0. The molecule has 29 heavy (non-hydrogen) atoms. The smallest absolute Gasteiger partial charge is 0.326 e. The van der Waals surface area contributed by atoms with E-state index >= 15 is 0 Å². The molecule has 0 radical (unpaired) electrons. The van der Waals surface area contributed by atoms with E-state index in [1.807, 2.05) is 26.0 Å². The van der Waals surface area contributed by atoms with E-state index in [-0.39, 0.29) is 25.5 Å². The predicted molar refractivity (Wildman–Crippen MR) is 109 cm³/mol. The SMILES string of the molecule is CCCOCCOCC(=O)NC(CCCCNC(=O)c1ccc(C)cc1)C(=O)O. The second-order valence-electron chi connectivity index (χ2n) is 6.74. The quantitative estimate of drug-likeness (QED) is 0.382. The lowest BCUT2D eigenvalue weighted by Gasteiger charge is -2.14. The Balaban J connectivity index is 2.20. The number of aliphatic carboxylic acids is 1. The molecule has 1 rings (SSSR count). The van der Waals surface area contributed by atoms with Gasteiger partial charge in [0.2, 0.25) is 5.91 Å². The topological polar surface area (TPSA) is 114 Å². The van der Waals surface area contributed by atoms with E-state index in [1.54, 1.807) is 12.1 Å². The summed E-state index contributed by atoms with van der Waals surface area (Å²) in [5, 5.41) is 14.5. The minimum Gasteiger partial charge on any atom is -0.480 e. The van der Waals surface area contributed by atoms with Crippen molar-refractivity contribution in [2.75, 3.05) is 33.0 Å². The van der Waals surface area contributed by atoms with Gasteiger partial charge in [0, 0.05) is 18.7 Å². The molecular formula is C21H32N2O6. The Labute approximate surface area is 172 Å². The lowest BCUT2D eigenvalue weighted by Crippen LogP contribution is -2.42. The van der Waals surface area contributed by atoms with Gasteiger partial charge in [0.05, 0.1) is 13.2 Å². The number of nitrogens with one attached hydrogen (secondary N) is 2. The van der Waals surface area contributed by atoms with Crippen molar-refractivity contribution in [3.63, 3.8) is 0 Å². The number of unbranched alkanes of at least 4 members (excludes halogenated alkanes) is 1. The standard InChI is InChI=1S/C21H32N2O6/c1-3-12-28-13-14-29-15-19(24)23-18(21(26)27)6-4-5-11-22-20(25)17-9-7-16(2)8-10-17/h7-10,18H,3-6,11-15H2,1-2H3,(H,22,25)(H,23,24)(H,26,27). The number of carboxylic acids is 1. The first-order valence-electron chi connectivity index (χ1n) is 9.96. The van der Waals surface area contributed by atoms with E-state index in [4.69, 9.17) is 9.47 Å². The van der Waals surface area contributed by atoms with Gasteiger partial charge < -0.3 is 25.2 Å². The summed E-state index contributed by atoms with van der Waals surface area (Å²) in [6.07, 6.45) is 2.36. The van der Waals surface area contributed by atoms with E-state index in [0.29, 0.717) is 38.2 Å². The first-order chi connectivity index (χ1) is 13.9. The van der Waals surface area contributed by atoms with Gasteiger partial charge in [-0.2, -0.15) is 0 Å². The molecule has 1 aromatic carbocycles. The van der Waals surface area contributed by atoms with Gasteiger partial charge in [0.1, 0.15) is 12.6 Å². The Morgan fingerprint density at radius 1 is 1.03 bits per heavy atom. The Hall–Kier alpha value is -2.45. The number of carbonyl (C=O) groups excluding carboxylic acids is 2. The summed E-state index contributed by atoms with van der Waals surface area (Å²) in [5.74, 6) is -1.72. The fourth-order valence-corrected chi connectivity index (χ4v) is 2.50. The largest absolute Gasteiger partial charge is 0.480 e. The summed E-state index contributed by atoms with van der Waals surface area (Å²) in [7, 11) is 0. The molecule has 8 heteroatoms. The Morgan fingerprint density at radius 2 is 1.72 bits per heavy atom. The highest BCUT2D eigenvalue weighted by Crippen LogP contribution is 2.04. The number of carbonyl (C=O) groups is 3. The van der Waals surface area contributed by atoms with E-state index < -0.39 is 17.9 Å². The highest BCUT2D eigenvalue weighted by atomic mass is 16.5. The van der Waals surface area contributed by atoms with Gasteiger partial charge in [0.15, 0.2) is 0 Å². The van der Waals surface area contributed by atoms with E-state index in [1.165, 1.54) is 0 Å². The summed E-state index contributed by atoms with van der Waals surface area (Å²) in [6.45, 7) is 5.51. The number of benzene rings is 1. The second kappa shape index (κ2) is 14.5. The minimum absolute atomic E-state index is 0.159. The van der Waals surface area contributed by atoms with Crippen molar-refractivity contribution in [1.82, 2.24) is 10.6 Å². The molecule has 2 amide bonds. The minimum atomic E-state index is -1.09. The van der Waals surface area contributed by atoms with Crippen LogP contribution in [0.3, 0.4) is 0 Å². The van der Waals surface area contributed by atoms with Crippen LogP contribution < -0.4 is 10.6 Å². The zero-order chi connectivity index (χ0) is 21.5. The highest BCUT2D eigenvalue weighted by molar-refractivity contribution is 5.94. The zero-order valence-corrected chi connectivity index (χ0v) is 17.2. The molecule has 162 valence electrons.